The topological polar surface area (TPSA) is 156 Å². The Morgan fingerprint density at radius 1 is 1.02 bits per heavy atom. The van der Waals surface area contributed by atoms with Crippen LogP contribution in [0.25, 0.3) is 0 Å². The summed E-state index contributed by atoms with van der Waals surface area (Å²) in [5, 5.41) is 12.7. The Morgan fingerprint density at radius 2 is 1.77 bits per heavy atom. The number of aliphatic hydroxyl groups is 1. The molecule has 2 fully saturated rings. The first-order chi connectivity index (χ1) is 25.2. The number of para-hydroxylation sites is 1. The molecule has 0 radical (unpaired) electrons. The third-order valence-corrected chi connectivity index (χ3v) is 12.0. The lowest BCUT2D eigenvalue weighted by atomic mass is 9.85. The van der Waals surface area contributed by atoms with Crippen LogP contribution in [0.15, 0.2) is 89.5 Å². The molecule has 3 aromatic carbocycles. The number of nitrogens with one attached hydrogen (secondary N) is 1. The van der Waals surface area contributed by atoms with Crippen molar-refractivity contribution in [1.29, 1.82) is 0 Å². The molecule has 0 aromatic heterocycles. The lowest BCUT2D eigenvalue weighted by Gasteiger charge is -2.43. The number of allylic oxidation sites excluding steroid dienone is 1. The molecule has 3 aromatic rings. The van der Waals surface area contributed by atoms with Crippen LogP contribution >= 0.6 is 0 Å². The summed E-state index contributed by atoms with van der Waals surface area (Å²) < 4.78 is 56.6. The first-order valence-corrected chi connectivity index (χ1v) is 18.7. The van der Waals surface area contributed by atoms with Crippen molar-refractivity contribution in [1.82, 2.24) is 14.5 Å². The molecule has 7 rings (SSSR count). The van der Waals surface area contributed by atoms with Crippen LogP contribution < -0.4 is 24.4 Å². The van der Waals surface area contributed by atoms with Gasteiger partial charge in [0.25, 0.3) is 5.91 Å². The predicted molar refractivity (Wildman–Crippen MR) is 188 cm³/mol. The Labute approximate surface area is 302 Å². The lowest BCUT2D eigenvalue weighted by Crippen LogP contribution is -2.57. The number of amides is 2. The van der Waals surface area contributed by atoms with Gasteiger partial charge in [-0.2, -0.15) is 4.31 Å². The van der Waals surface area contributed by atoms with E-state index in [1.54, 1.807) is 23.1 Å². The van der Waals surface area contributed by atoms with Gasteiger partial charge in [0, 0.05) is 44.2 Å². The maximum Gasteiger partial charge on any atom is 0.288 e. The van der Waals surface area contributed by atoms with Gasteiger partial charge in [-0.05, 0) is 73.0 Å². The molecule has 1 spiro atoms. The van der Waals surface area contributed by atoms with E-state index in [1.807, 2.05) is 48.5 Å². The molecule has 0 bridgehead atoms. The van der Waals surface area contributed by atoms with Crippen LogP contribution in [-0.2, 0) is 29.1 Å². The first kappa shape index (κ1) is 35.6. The van der Waals surface area contributed by atoms with Gasteiger partial charge in [0.15, 0.2) is 17.3 Å². The first-order valence-electron chi connectivity index (χ1n) is 17.3. The van der Waals surface area contributed by atoms with Crippen LogP contribution in [0.5, 0.6) is 17.2 Å². The Kier molecular flexibility index (Phi) is 10.3. The number of carbonyl (C=O) groups is 2. The van der Waals surface area contributed by atoms with Crippen molar-refractivity contribution in [3.63, 3.8) is 0 Å². The summed E-state index contributed by atoms with van der Waals surface area (Å²) in [7, 11) is -2.46. The summed E-state index contributed by atoms with van der Waals surface area (Å²) >= 11 is 0. The van der Waals surface area contributed by atoms with Gasteiger partial charge in [-0.1, -0.05) is 24.3 Å². The van der Waals surface area contributed by atoms with Crippen LogP contribution in [0.4, 0.5) is 5.69 Å². The van der Waals surface area contributed by atoms with E-state index in [9.17, 15) is 23.1 Å². The molecule has 0 aliphatic carbocycles. The summed E-state index contributed by atoms with van der Waals surface area (Å²) in [6.45, 7) is 0.562. The molecule has 4 aliphatic rings. The number of piperidine rings is 1. The number of aliphatic hydroxyl groups excluding tert-OH is 1. The van der Waals surface area contributed by atoms with Gasteiger partial charge in [-0.25, -0.2) is 8.42 Å². The molecular weight excluding hydrogens is 692 g/mol. The average molecular weight is 735 g/mol. The van der Waals surface area contributed by atoms with E-state index in [1.165, 1.54) is 19.2 Å². The molecule has 2 saturated heterocycles. The largest absolute Gasteiger partial charge is 0.497 e. The van der Waals surface area contributed by atoms with Crippen LogP contribution in [0, 0.1) is 0 Å². The Balaban J connectivity index is 1.06. The van der Waals surface area contributed by atoms with Gasteiger partial charge < -0.3 is 43.9 Å². The highest BCUT2D eigenvalue weighted by atomic mass is 32.2. The number of fused-ring (bicyclic) bond motifs is 1. The van der Waals surface area contributed by atoms with Gasteiger partial charge in [-0.3, -0.25) is 9.59 Å². The summed E-state index contributed by atoms with van der Waals surface area (Å²) in [5.41, 5.74) is 1.06. The maximum absolute atomic E-state index is 14.1. The number of likely N-dealkylation sites (tertiary alicyclic amines) is 1. The second kappa shape index (κ2) is 15.0. The molecule has 2 N–H and O–H groups in total. The highest BCUT2D eigenvalue weighted by molar-refractivity contribution is 7.89. The van der Waals surface area contributed by atoms with Crippen LogP contribution in [-0.4, -0.2) is 106 Å². The van der Waals surface area contributed by atoms with Gasteiger partial charge in [-0.15, -0.1) is 0 Å². The summed E-state index contributed by atoms with van der Waals surface area (Å²) in [4.78, 5) is 31.1. The molecule has 0 saturated carbocycles. The number of nitrogens with zero attached hydrogens (tertiary/aromatic N) is 3. The maximum atomic E-state index is 14.1. The molecule has 276 valence electrons. The molecule has 2 amide bonds. The number of carbonyl (C=O) groups excluding carboxylic acids is 2. The number of sulfonamides is 1. The van der Waals surface area contributed by atoms with Crippen molar-refractivity contribution in [3.05, 3.63) is 90.2 Å². The van der Waals surface area contributed by atoms with Crippen LogP contribution in [0.3, 0.4) is 0 Å². The van der Waals surface area contributed by atoms with Crippen molar-refractivity contribution in [2.75, 3.05) is 64.9 Å². The molecule has 15 heteroatoms. The van der Waals surface area contributed by atoms with Crippen molar-refractivity contribution < 1.29 is 46.8 Å². The van der Waals surface area contributed by atoms with E-state index in [2.05, 4.69) is 10.2 Å². The fourth-order valence-electron chi connectivity index (χ4n) is 7.20. The number of ether oxygens (including phenoxy) is 5. The zero-order chi connectivity index (χ0) is 36.3. The molecule has 52 heavy (non-hydrogen) atoms. The van der Waals surface area contributed by atoms with E-state index in [4.69, 9.17) is 23.7 Å². The zero-order valence-electron chi connectivity index (χ0n) is 28.8. The van der Waals surface area contributed by atoms with Crippen LogP contribution in [0.2, 0.25) is 0 Å². The van der Waals surface area contributed by atoms with Gasteiger partial charge in [0.1, 0.15) is 11.3 Å². The zero-order valence-corrected chi connectivity index (χ0v) is 29.6. The second-order valence-corrected chi connectivity index (χ2v) is 14.9. The second-order valence-electron chi connectivity index (χ2n) is 13.0. The van der Waals surface area contributed by atoms with Gasteiger partial charge in [0.05, 0.1) is 31.9 Å². The van der Waals surface area contributed by atoms with Crippen molar-refractivity contribution >= 4 is 27.5 Å². The number of hydrogen-bond acceptors (Lipinski definition) is 11. The highest BCUT2D eigenvalue weighted by Gasteiger charge is 2.51. The van der Waals surface area contributed by atoms with E-state index in [-0.39, 0.29) is 61.5 Å². The fourth-order valence-corrected chi connectivity index (χ4v) is 8.62. The third-order valence-electron chi connectivity index (χ3n) is 10.1. The van der Waals surface area contributed by atoms with Crippen molar-refractivity contribution in [3.8, 4) is 17.2 Å². The van der Waals surface area contributed by atoms with Crippen molar-refractivity contribution in [2.45, 2.75) is 41.9 Å². The number of rotatable bonds is 12. The Morgan fingerprint density at radius 3 is 2.50 bits per heavy atom. The fraction of sp³-hybridized carbons (Fsp3) is 0.405. The number of hydrogen-bond donors (Lipinski definition) is 2. The van der Waals surface area contributed by atoms with Crippen molar-refractivity contribution in [2.24, 2.45) is 0 Å². The minimum absolute atomic E-state index is 0.0443. The molecule has 4 heterocycles. The van der Waals surface area contributed by atoms with E-state index < -0.39 is 21.9 Å². The van der Waals surface area contributed by atoms with E-state index in [0.717, 1.165) is 15.6 Å². The quantitative estimate of drug-likeness (QED) is 0.282. The van der Waals surface area contributed by atoms with Gasteiger partial charge >= 0.3 is 0 Å². The molecule has 2 atom stereocenters. The monoisotopic (exact) mass is 734 g/mol. The number of benzene rings is 3. The smallest absolute Gasteiger partial charge is 0.288 e. The summed E-state index contributed by atoms with van der Waals surface area (Å²) in [5.74, 6) is 1.21. The van der Waals surface area contributed by atoms with Gasteiger partial charge in [0.2, 0.25) is 29.0 Å². The number of anilines is 1. The summed E-state index contributed by atoms with van der Waals surface area (Å²) in [6.07, 6.45) is 2.14. The average Bonchev–Trinajstić information content (AvgIpc) is 3.78. The van der Waals surface area contributed by atoms with E-state index in [0.29, 0.717) is 56.3 Å². The molecule has 4 aliphatic heterocycles. The molecular formula is C37H42N4O10S. The minimum Gasteiger partial charge on any atom is -0.497 e. The van der Waals surface area contributed by atoms with Crippen LogP contribution in [0.1, 0.15) is 30.7 Å². The Hall–Kier alpha value is -4.83. The lowest BCUT2D eigenvalue weighted by molar-refractivity contribution is -0.154. The highest BCUT2D eigenvalue weighted by Crippen LogP contribution is 2.40. The minimum atomic E-state index is -3.96. The standard InChI is InChI=1S/C37H42N4O10S/c1-47-29-8-10-30(11-9-29)52(45,46)40(17-19-42)18-20-48-34-23-27(26-7-12-31-32(21-26)50-25-49-31)22-33(51-34)35(43)39-15-13-37(14-16-39)36(44)38-24-41(37)28-5-3-2-4-6-28/h2-12,21-22,27,34,42H,13-20,23-25H2,1H3,(H,38,44). The Bertz CT molecular complexity index is 1900. The predicted octanol–water partition coefficient (Wildman–Crippen LogP) is 2.79. The van der Waals surface area contributed by atoms with E-state index >= 15 is 0 Å². The normalized spacial score (nSPS) is 20.8. The number of methoxy groups -OCH3 is 1. The SMILES string of the molecule is COc1ccc(S(=O)(=O)N(CCO)CCOC2CC(c3ccc4c(c3)OCO4)C=C(C(=O)N3CCC4(CC3)C(=O)NCN4c3ccccc3)O2)cc1. The molecule has 2 unspecified atom stereocenters. The summed E-state index contributed by atoms with van der Waals surface area (Å²) in [6, 6.07) is 21.4. The third kappa shape index (κ3) is 7.00. The molecule has 14 nitrogen and oxygen atoms in total.